The second-order valence-corrected chi connectivity index (χ2v) is 4.28. The molecule has 0 heterocycles. The number of halogens is 1. The molecule has 3 nitrogen and oxygen atoms in total. The van der Waals surface area contributed by atoms with Gasteiger partial charge in [-0.05, 0) is 42.3 Å². The van der Waals surface area contributed by atoms with Crippen molar-refractivity contribution in [3.05, 3.63) is 65.5 Å². The Balaban J connectivity index is 2.29. The first-order valence-corrected chi connectivity index (χ1v) is 5.88. The van der Waals surface area contributed by atoms with Crippen LogP contribution in [-0.2, 0) is 4.79 Å². The van der Waals surface area contributed by atoms with Crippen molar-refractivity contribution >= 4 is 11.7 Å². The van der Waals surface area contributed by atoms with E-state index in [-0.39, 0.29) is 5.82 Å². The summed E-state index contributed by atoms with van der Waals surface area (Å²) in [6.07, 6.45) is 0. The van der Waals surface area contributed by atoms with E-state index in [2.05, 4.69) is 5.32 Å². The smallest absolute Gasteiger partial charge is 0.330 e. The third-order valence-electron chi connectivity index (χ3n) is 2.90. The number of aliphatic carboxylic acids is 1. The van der Waals surface area contributed by atoms with E-state index < -0.39 is 12.0 Å². The fraction of sp³-hybridized carbons (Fsp3) is 0.133. The van der Waals surface area contributed by atoms with E-state index in [1.807, 2.05) is 19.1 Å². The Hall–Kier alpha value is -2.36. The largest absolute Gasteiger partial charge is 0.479 e. The van der Waals surface area contributed by atoms with Gasteiger partial charge in [0.05, 0.1) is 0 Å². The van der Waals surface area contributed by atoms with Crippen molar-refractivity contribution in [1.29, 1.82) is 0 Å². The van der Waals surface area contributed by atoms with Gasteiger partial charge in [-0.1, -0.05) is 24.3 Å². The highest BCUT2D eigenvalue weighted by Crippen LogP contribution is 2.22. The molecule has 0 aliphatic heterocycles. The summed E-state index contributed by atoms with van der Waals surface area (Å²) in [5.74, 6) is -1.33. The van der Waals surface area contributed by atoms with E-state index in [1.54, 1.807) is 12.1 Å². The van der Waals surface area contributed by atoms with Crippen LogP contribution in [-0.4, -0.2) is 11.1 Å². The average Bonchev–Trinajstić information content (AvgIpc) is 2.39. The van der Waals surface area contributed by atoms with Crippen LogP contribution in [0.4, 0.5) is 10.1 Å². The topological polar surface area (TPSA) is 49.3 Å². The lowest BCUT2D eigenvalue weighted by Crippen LogP contribution is -2.21. The Morgan fingerprint density at radius 1 is 1.16 bits per heavy atom. The van der Waals surface area contributed by atoms with Crippen molar-refractivity contribution < 1.29 is 14.3 Å². The molecule has 2 N–H and O–H groups in total. The Morgan fingerprint density at radius 3 is 2.37 bits per heavy atom. The first-order chi connectivity index (χ1) is 9.08. The molecule has 2 aromatic rings. The molecule has 0 radical (unpaired) electrons. The minimum Gasteiger partial charge on any atom is -0.479 e. The minimum atomic E-state index is -0.973. The van der Waals surface area contributed by atoms with E-state index in [0.29, 0.717) is 11.3 Å². The molecule has 1 atom stereocenters. The summed E-state index contributed by atoms with van der Waals surface area (Å²) in [6, 6.07) is 12.0. The van der Waals surface area contributed by atoms with Crippen LogP contribution in [0.5, 0.6) is 0 Å². The van der Waals surface area contributed by atoms with Gasteiger partial charge in [0, 0.05) is 5.69 Å². The van der Waals surface area contributed by atoms with Gasteiger partial charge < -0.3 is 10.4 Å². The molecular weight excluding hydrogens is 245 g/mol. The molecule has 0 aromatic heterocycles. The number of carboxylic acids is 1. The predicted molar refractivity (Wildman–Crippen MR) is 71.6 cm³/mol. The predicted octanol–water partition coefficient (Wildman–Crippen LogP) is 3.37. The van der Waals surface area contributed by atoms with Crippen LogP contribution < -0.4 is 5.32 Å². The molecule has 2 rings (SSSR count). The van der Waals surface area contributed by atoms with Gasteiger partial charge in [0.2, 0.25) is 0 Å². The first kappa shape index (κ1) is 13.1. The molecule has 0 aliphatic carbocycles. The number of carboxylic acid groups (broad SMARTS) is 1. The van der Waals surface area contributed by atoms with Crippen molar-refractivity contribution in [2.75, 3.05) is 5.32 Å². The molecule has 0 aliphatic rings. The summed E-state index contributed by atoms with van der Waals surface area (Å²) in [7, 11) is 0. The second kappa shape index (κ2) is 5.52. The van der Waals surface area contributed by atoms with Crippen LogP contribution in [0.1, 0.15) is 17.2 Å². The van der Waals surface area contributed by atoms with Crippen molar-refractivity contribution in [2.24, 2.45) is 0 Å². The zero-order valence-corrected chi connectivity index (χ0v) is 10.4. The number of benzene rings is 2. The number of hydrogen-bond donors (Lipinski definition) is 2. The van der Waals surface area contributed by atoms with Gasteiger partial charge in [-0.15, -0.1) is 0 Å². The third kappa shape index (κ3) is 3.10. The highest BCUT2D eigenvalue weighted by atomic mass is 19.1. The maximum atomic E-state index is 12.8. The average molecular weight is 259 g/mol. The normalized spacial score (nSPS) is 11.9. The third-order valence-corrected chi connectivity index (χ3v) is 2.90. The van der Waals surface area contributed by atoms with E-state index >= 15 is 0 Å². The summed E-state index contributed by atoms with van der Waals surface area (Å²) in [4.78, 5) is 11.4. The Labute approximate surface area is 110 Å². The molecule has 2 aromatic carbocycles. The van der Waals surface area contributed by atoms with Crippen LogP contribution in [0.3, 0.4) is 0 Å². The second-order valence-electron chi connectivity index (χ2n) is 4.28. The Bertz CT molecular complexity index is 581. The molecule has 0 amide bonds. The number of hydrogen-bond acceptors (Lipinski definition) is 2. The summed E-state index contributed by atoms with van der Waals surface area (Å²) in [5.41, 5.74) is 2.15. The number of nitrogens with one attached hydrogen (secondary N) is 1. The van der Waals surface area contributed by atoms with Crippen molar-refractivity contribution in [1.82, 2.24) is 0 Å². The fourth-order valence-electron chi connectivity index (χ4n) is 1.90. The number of aryl methyl sites for hydroxylation is 1. The molecule has 0 spiro atoms. The lowest BCUT2D eigenvalue weighted by molar-refractivity contribution is -0.138. The summed E-state index contributed by atoms with van der Waals surface area (Å²) >= 11 is 0. The van der Waals surface area contributed by atoms with Crippen molar-refractivity contribution in [2.45, 2.75) is 13.0 Å². The highest BCUT2D eigenvalue weighted by Gasteiger charge is 2.20. The van der Waals surface area contributed by atoms with Crippen LogP contribution in [0, 0.1) is 12.7 Å². The van der Waals surface area contributed by atoms with E-state index in [9.17, 15) is 14.3 Å². The standard InChI is InChI=1S/C15H14FNO2/c1-10-4-2-3-5-13(10)14(15(18)19)17-12-8-6-11(16)7-9-12/h2-9,14,17H,1H3,(H,18,19). The van der Waals surface area contributed by atoms with Crippen LogP contribution in [0.25, 0.3) is 0 Å². The molecule has 0 fully saturated rings. The van der Waals surface area contributed by atoms with Crippen LogP contribution in [0.15, 0.2) is 48.5 Å². The number of carbonyl (C=O) groups is 1. The zero-order chi connectivity index (χ0) is 13.8. The Kier molecular flexibility index (Phi) is 3.80. The fourth-order valence-corrected chi connectivity index (χ4v) is 1.90. The lowest BCUT2D eigenvalue weighted by Gasteiger charge is -2.18. The SMILES string of the molecule is Cc1ccccc1C(Nc1ccc(F)cc1)C(=O)O. The molecule has 19 heavy (non-hydrogen) atoms. The summed E-state index contributed by atoms with van der Waals surface area (Å²) in [6.45, 7) is 1.86. The minimum absolute atomic E-state index is 0.353. The molecule has 4 heteroatoms. The zero-order valence-electron chi connectivity index (χ0n) is 10.4. The highest BCUT2D eigenvalue weighted by molar-refractivity contribution is 5.79. The van der Waals surface area contributed by atoms with E-state index in [0.717, 1.165) is 5.56 Å². The maximum Gasteiger partial charge on any atom is 0.330 e. The number of rotatable bonds is 4. The van der Waals surface area contributed by atoms with Crippen LogP contribution >= 0.6 is 0 Å². The molecule has 0 bridgehead atoms. The maximum absolute atomic E-state index is 12.8. The van der Waals surface area contributed by atoms with Gasteiger partial charge in [-0.2, -0.15) is 0 Å². The van der Waals surface area contributed by atoms with Gasteiger partial charge >= 0.3 is 5.97 Å². The molecule has 0 saturated heterocycles. The van der Waals surface area contributed by atoms with E-state index in [4.69, 9.17) is 0 Å². The van der Waals surface area contributed by atoms with Crippen molar-refractivity contribution in [3.63, 3.8) is 0 Å². The van der Waals surface area contributed by atoms with Crippen LogP contribution in [0.2, 0.25) is 0 Å². The summed E-state index contributed by atoms with van der Waals surface area (Å²) < 4.78 is 12.8. The van der Waals surface area contributed by atoms with Gasteiger partial charge in [-0.25, -0.2) is 9.18 Å². The van der Waals surface area contributed by atoms with Gasteiger partial charge in [0.25, 0.3) is 0 Å². The first-order valence-electron chi connectivity index (χ1n) is 5.88. The molecule has 0 saturated carbocycles. The summed E-state index contributed by atoms with van der Waals surface area (Å²) in [5, 5.41) is 12.2. The van der Waals surface area contributed by atoms with Gasteiger partial charge in [0.15, 0.2) is 6.04 Å². The van der Waals surface area contributed by atoms with Gasteiger partial charge in [0.1, 0.15) is 5.82 Å². The monoisotopic (exact) mass is 259 g/mol. The molecule has 98 valence electrons. The quantitative estimate of drug-likeness (QED) is 0.885. The number of anilines is 1. The molecular formula is C15H14FNO2. The molecule has 1 unspecified atom stereocenters. The Morgan fingerprint density at radius 2 is 1.79 bits per heavy atom. The van der Waals surface area contributed by atoms with E-state index in [1.165, 1.54) is 24.3 Å². The lowest BCUT2D eigenvalue weighted by atomic mass is 10.0. The van der Waals surface area contributed by atoms with Gasteiger partial charge in [-0.3, -0.25) is 0 Å². The van der Waals surface area contributed by atoms with Crippen molar-refractivity contribution in [3.8, 4) is 0 Å².